The van der Waals surface area contributed by atoms with Gasteiger partial charge in [-0.15, -0.1) is 0 Å². The summed E-state index contributed by atoms with van der Waals surface area (Å²) in [7, 11) is 1.53. The topological polar surface area (TPSA) is 33.6 Å². The number of hydrogen-bond donors (Lipinski definition) is 1. The number of fused-ring (bicyclic) bond motifs is 1. The molecule has 1 aliphatic carbocycles. The lowest BCUT2D eigenvalue weighted by molar-refractivity contribution is 0.381. The van der Waals surface area contributed by atoms with Crippen LogP contribution in [0.15, 0.2) is 23.3 Å². The summed E-state index contributed by atoms with van der Waals surface area (Å²) in [5.74, 6) is -9.49. The van der Waals surface area contributed by atoms with Crippen LogP contribution in [0.5, 0.6) is 5.75 Å². The number of halogens is 5. The first-order chi connectivity index (χ1) is 11.9. The van der Waals surface area contributed by atoms with Gasteiger partial charge in [-0.1, -0.05) is 0 Å². The number of anilines is 1. The van der Waals surface area contributed by atoms with Gasteiger partial charge in [-0.2, -0.15) is 5.10 Å². The van der Waals surface area contributed by atoms with E-state index in [-0.39, 0.29) is 0 Å². The van der Waals surface area contributed by atoms with E-state index >= 15 is 0 Å². The van der Waals surface area contributed by atoms with Gasteiger partial charge < -0.3 is 4.74 Å². The maximum Gasteiger partial charge on any atom is 0.200 e. The summed E-state index contributed by atoms with van der Waals surface area (Å²) < 4.78 is 72.0. The molecule has 2 aromatic rings. The zero-order valence-electron chi connectivity index (χ0n) is 13.1. The van der Waals surface area contributed by atoms with Gasteiger partial charge in [0.2, 0.25) is 5.82 Å². The van der Waals surface area contributed by atoms with Crippen molar-refractivity contribution in [1.82, 2.24) is 0 Å². The van der Waals surface area contributed by atoms with Crippen molar-refractivity contribution in [1.29, 1.82) is 0 Å². The van der Waals surface area contributed by atoms with Crippen LogP contribution in [0.25, 0.3) is 0 Å². The predicted molar refractivity (Wildman–Crippen MR) is 82.3 cm³/mol. The van der Waals surface area contributed by atoms with E-state index < -0.39 is 34.8 Å². The summed E-state index contributed by atoms with van der Waals surface area (Å²) >= 11 is 0. The molecule has 132 valence electrons. The first-order valence-electron chi connectivity index (χ1n) is 7.45. The molecule has 0 bridgehead atoms. The number of rotatable bonds is 3. The second kappa shape index (κ2) is 6.70. The summed E-state index contributed by atoms with van der Waals surface area (Å²) in [6, 6.07) is 5.27. The van der Waals surface area contributed by atoms with Crippen LogP contribution in [0.1, 0.15) is 24.0 Å². The maximum atomic E-state index is 13.7. The normalized spacial score (nSPS) is 15.2. The van der Waals surface area contributed by atoms with Gasteiger partial charge in [0.1, 0.15) is 11.4 Å². The molecule has 3 nitrogen and oxygen atoms in total. The molecule has 0 aliphatic heterocycles. The molecular weight excluding hydrogens is 343 g/mol. The van der Waals surface area contributed by atoms with E-state index in [9.17, 15) is 22.0 Å². The standard InChI is InChI=1S/C17H13F5N2O/c1-25-9-5-6-10-8(7-9)3-2-4-11(10)23-24-17-15(21)13(19)12(18)14(20)16(17)22/h5-7,24H,2-4H2,1H3. The Kier molecular flexibility index (Phi) is 4.61. The second-order valence-electron chi connectivity index (χ2n) is 5.49. The summed E-state index contributed by atoms with van der Waals surface area (Å²) in [6.07, 6.45) is 2.01. The molecule has 2 aromatic carbocycles. The molecule has 0 aromatic heterocycles. The van der Waals surface area contributed by atoms with Crippen LogP contribution in [0, 0.1) is 29.1 Å². The average Bonchev–Trinajstić information content (AvgIpc) is 2.64. The Balaban J connectivity index is 1.97. The minimum atomic E-state index is -2.21. The van der Waals surface area contributed by atoms with Gasteiger partial charge in [-0.05, 0) is 43.0 Å². The van der Waals surface area contributed by atoms with Gasteiger partial charge in [0.15, 0.2) is 23.3 Å². The van der Waals surface area contributed by atoms with Crippen LogP contribution in [0.3, 0.4) is 0 Å². The highest BCUT2D eigenvalue weighted by molar-refractivity contribution is 6.03. The number of aryl methyl sites for hydroxylation is 1. The van der Waals surface area contributed by atoms with Crippen molar-refractivity contribution in [2.75, 3.05) is 12.5 Å². The third-order valence-electron chi connectivity index (χ3n) is 4.00. The lowest BCUT2D eigenvalue weighted by Crippen LogP contribution is -2.15. The molecule has 0 spiro atoms. The molecule has 0 saturated carbocycles. The van der Waals surface area contributed by atoms with E-state index in [0.717, 1.165) is 24.0 Å². The van der Waals surface area contributed by atoms with Gasteiger partial charge in [0.05, 0.1) is 12.8 Å². The molecule has 1 aliphatic rings. The van der Waals surface area contributed by atoms with Crippen molar-refractivity contribution in [2.24, 2.45) is 5.10 Å². The molecule has 25 heavy (non-hydrogen) atoms. The van der Waals surface area contributed by atoms with Crippen LogP contribution >= 0.6 is 0 Å². The Bertz CT molecular complexity index is 838. The zero-order valence-corrected chi connectivity index (χ0v) is 13.1. The molecule has 0 heterocycles. The highest BCUT2D eigenvalue weighted by Crippen LogP contribution is 2.29. The van der Waals surface area contributed by atoms with E-state index in [1.54, 1.807) is 12.1 Å². The molecule has 0 saturated heterocycles. The first kappa shape index (κ1) is 17.2. The van der Waals surface area contributed by atoms with E-state index in [2.05, 4.69) is 5.10 Å². The molecule has 0 amide bonds. The van der Waals surface area contributed by atoms with Crippen LogP contribution in [0.4, 0.5) is 27.6 Å². The number of nitrogens with one attached hydrogen (secondary N) is 1. The van der Waals surface area contributed by atoms with Gasteiger partial charge in [-0.3, -0.25) is 5.43 Å². The number of nitrogens with zero attached hydrogens (tertiary/aromatic N) is 1. The predicted octanol–water partition coefficient (Wildman–Crippen LogP) is 4.54. The zero-order chi connectivity index (χ0) is 18.1. The van der Waals surface area contributed by atoms with Crippen LogP contribution in [0.2, 0.25) is 0 Å². The average molecular weight is 356 g/mol. The Labute approximate surface area is 140 Å². The molecule has 0 unspecified atom stereocenters. The Morgan fingerprint density at radius 3 is 2.20 bits per heavy atom. The van der Waals surface area contributed by atoms with Gasteiger partial charge >= 0.3 is 0 Å². The van der Waals surface area contributed by atoms with Crippen molar-refractivity contribution in [3.05, 3.63) is 58.4 Å². The fourth-order valence-corrected chi connectivity index (χ4v) is 2.71. The third-order valence-corrected chi connectivity index (χ3v) is 4.00. The number of hydrazone groups is 1. The molecule has 0 radical (unpaired) electrons. The van der Waals surface area contributed by atoms with Crippen LogP contribution in [-0.2, 0) is 6.42 Å². The summed E-state index contributed by atoms with van der Waals surface area (Å²) in [4.78, 5) is 0. The second-order valence-corrected chi connectivity index (χ2v) is 5.49. The van der Waals surface area contributed by atoms with E-state index in [1.165, 1.54) is 7.11 Å². The van der Waals surface area contributed by atoms with Crippen molar-refractivity contribution < 1.29 is 26.7 Å². The maximum absolute atomic E-state index is 13.7. The number of methoxy groups -OCH3 is 1. The summed E-state index contributed by atoms with van der Waals surface area (Å²) in [6.45, 7) is 0. The van der Waals surface area contributed by atoms with Crippen molar-refractivity contribution >= 4 is 11.4 Å². The smallest absolute Gasteiger partial charge is 0.200 e. The molecule has 8 heteroatoms. The number of ether oxygens (including phenoxy) is 1. The molecular formula is C17H13F5N2O. The fraction of sp³-hybridized carbons (Fsp3) is 0.235. The highest BCUT2D eigenvalue weighted by atomic mass is 19.2. The molecule has 0 atom stereocenters. The molecule has 3 rings (SSSR count). The van der Waals surface area contributed by atoms with Crippen molar-refractivity contribution in [3.63, 3.8) is 0 Å². The monoisotopic (exact) mass is 356 g/mol. The Morgan fingerprint density at radius 2 is 1.56 bits per heavy atom. The van der Waals surface area contributed by atoms with Crippen molar-refractivity contribution in [2.45, 2.75) is 19.3 Å². The summed E-state index contributed by atoms with van der Waals surface area (Å²) in [5.41, 5.74) is 2.95. The highest BCUT2D eigenvalue weighted by Gasteiger charge is 2.26. The largest absolute Gasteiger partial charge is 0.497 e. The lowest BCUT2D eigenvalue weighted by Gasteiger charge is -2.19. The van der Waals surface area contributed by atoms with Crippen molar-refractivity contribution in [3.8, 4) is 5.75 Å². The van der Waals surface area contributed by atoms with E-state index in [0.29, 0.717) is 17.9 Å². The first-order valence-corrected chi connectivity index (χ1v) is 7.45. The summed E-state index contributed by atoms with van der Waals surface area (Å²) in [5, 5.41) is 3.87. The number of benzene rings is 2. The molecule has 0 fully saturated rings. The van der Waals surface area contributed by atoms with Crippen LogP contribution < -0.4 is 10.2 Å². The van der Waals surface area contributed by atoms with Gasteiger partial charge in [0.25, 0.3) is 0 Å². The van der Waals surface area contributed by atoms with Gasteiger partial charge in [0, 0.05) is 5.56 Å². The number of hydrogen-bond acceptors (Lipinski definition) is 3. The van der Waals surface area contributed by atoms with E-state index in [4.69, 9.17) is 4.74 Å². The third kappa shape index (κ3) is 3.04. The van der Waals surface area contributed by atoms with Crippen LogP contribution in [-0.4, -0.2) is 12.8 Å². The van der Waals surface area contributed by atoms with Gasteiger partial charge in [-0.25, -0.2) is 22.0 Å². The minimum absolute atomic E-state index is 0.466. The minimum Gasteiger partial charge on any atom is -0.497 e. The quantitative estimate of drug-likeness (QED) is 0.379. The molecule has 1 N–H and O–H groups in total. The lowest BCUT2D eigenvalue weighted by atomic mass is 9.90. The van der Waals surface area contributed by atoms with E-state index in [1.807, 2.05) is 11.5 Å². The fourth-order valence-electron chi connectivity index (χ4n) is 2.71. The Morgan fingerprint density at radius 1 is 0.920 bits per heavy atom. The SMILES string of the molecule is COc1ccc2c(c1)CCCC2=NNc1c(F)c(F)c(F)c(F)c1F. The Hall–Kier alpha value is -2.64.